The monoisotopic (exact) mass is 1250 g/mol. The number of aryl methyl sites for hydroxylation is 1. The highest BCUT2D eigenvalue weighted by atomic mass is 35.5. The van der Waals surface area contributed by atoms with E-state index >= 15 is 0 Å². The Kier molecular flexibility index (Phi) is 20.9. The van der Waals surface area contributed by atoms with Gasteiger partial charge in [0.05, 0.1) is 28.8 Å². The van der Waals surface area contributed by atoms with E-state index in [-0.39, 0.29) is 81.4 Å². The standard InChI is InChI=1S/C70H79ClN6O11S/c1-43(2)56(36-63(80)86-41-57-54-16-8-6-14-52(54)53-15-7-9-17-55(53)57)67(81)73-58(18-10-11-19-62(72)79)60(78)32-45-20-22-46(23-21-45)40-87-69(83)74(4)28-29-75(5)70(84)88-61-37-59-65(64-44(3)42-89-66(61)64)50(38-71)39-77(59)68(82)49-33-47-24-25-51(35-48(47)34-49)85-31-30-76-26-12-13-27-76/h6-9,14-17,20-25,34-35,37,42-43,50,56-58H,10-13,18-19,26-33,36,38-41H2,1-5H3,(H2,72,79)(H,73,81)/t50-,56+,58+/m1/s1. The Bertz CT molecular complexity index is 3610. The summed E-state index contributed by atoms with van der Waals surface area (Å²) in [5.41, 5.74) is 16.4. The van der Waals surface area contributed by atoms with Gasteiger partial charge in [0, 0.05) is 94.3 Å². The fraction of sp³-hybridized carbons (Fsp3) is 0.414. The van der Waals surface area contributed by atoms with Crippen LogP contribution in [0.5, 0.6) is 11.5 Å². The van der Waals surface area contributed by atoms with Gasteiger partial charge in [0.25, 0.3) is 5.91 Å². The van der Waals surface area contributed by atoms with E-state index in [0.717, 1.165) is 80.0 Å². The number of primary amides is 1. The van der Waals surface area contributed by atoms with Gasteiger partial charge in [-0.1, -0.05) is 99.1 Å². The van der Waals surface area contributed by atoms with E-state index in [1.165, 1.54) is 34.0 Å². The van der Waals surface area contributed by atoms with Gasteiger partial charge < -0.3 is 44.7 Å². The van der Waals surface area contributed by atoms with Crippen LogP contribution < -0.4 is 25.4 Å². The molecule has 6 aromatic rings. The quantitative estimate of drug-likeness (QED) is 0.0281. The van der Waals surface area contributed by atoms with Crippen molar-refractivity contribution in [2.75, 3.05) is 77.4 Å². The van der Waals surface area contributed by atoms with Crippen LogP contribution in [-0.4, -0.2) is 135 Å². The number of fused-ring (bicyclic) bond motifs is 7. The van der Waals surface area contributed by atoms with E-state index in [1.54, 1.807) is 49.3 Å². The number of thiophene rings is 1. The molecule has 3 heterocycles. The number of Topliss-reactive ketones (excluding diaryl/α,β-unsaturated/α-hetero) is 1. The zero-order chi connectivity index (χ0) is 62.9. The molecule has 1 fully saturated rings. The van der Waals surface area contributed by atoms with Crippen molar-refractivity contribution in [3.63, 3.8) is 0 Å². The van der Waals surface area contributed by atoms with Crippen molar-refractivity contribution in [1.82, 2.24) is 20.0 Å². The molecule has 1 aromatic heterocycles. The molecule has 89 heavy (non-hydrogen) atoms. The van der Waals surface area contributed by atoms with Gasteiger partial charge in [-0.15, -0.1) is 22.9 Å². The van der Waals surface area contributed by atoms with Gasteiger partial charge in [-0.25, -0.2) is 9.59 Å². The number of nitrogens with one attached hydrogen (secondary N) is 1. The molecular formula is C70H79ClN6O11S. The molecule has 10 rings (SSSR count). The molecule has 0 saturated carbocycles. The Morgan fingerprint density at radius 1 is 0.831 bits per heavy atom. The third kappa shape index (κ3) is 15.2. The van der Waals surface area contributed by atoms with Crippen LogP contribution in [0, 0.1) is 18.8 Å². The second kappa shape index (κ2) is 29.1. The Balaban J connectivity index is 0.702. The molecule has 0 unspecified atom stereocenters. The Labute approximate surface area is 529 Å². The SMILES string of the molecule is Cc1csc2c(OC(=O)N(C)CCN(C)C(=O)OCc3ccc(CC(=O)[C@H](CCCCC(N)=O)NC(=O)[C@@H](CC(=O)OCC4c5ccccc5-c5ccccc54)C(C)C)cc3)cc3c(c12)[C@H](CCl)CN3C(=O)C1=Cc2cc(OCCN3CCCC3)ccc2C1. The minimum absolute atomic E-state index is 0.0139. The minimum atomic E-state index is -0.895. The number of alkyl halides is 1. The van der Waals surface area contributed by atoms with Crippen molar-refractivity contribution in [2.24, 2.45) is 17.6 Å². The molecular weight excluding hydrogens is 1170 g/mol. The number of ketones is 1. The topological polar surface area (TPSA) is 207 Å². The summed E-state index contributed by atoms with van der Waals surface area (Å²) >= 11 is 8.10. The van der Waals surface area contributed by atoms with Crippen molar-refractivity contribution < 1.29 is 52.5 Å². The number of benzene rings is 5. The van der Waals surface area contributed by atoms with Crippen molar-refractivity contribution >= 4 is 86.4 Å². The molecule has 3 N–H and O–H groups in total. The third-order valence-electron chi connectivity index (χ3n) is 17.7. The van der Waals surface area contributed by atoms with Gasteiger partial charge in [-0.3, -0.25) is 28.9 Å². The summed E-state index contributed by atoms with van der Waals surface area (Å²) in [6.45, 7) is 10.1. The van der Waals surface area contributed by atoms with Crippen LogP contribution in [0.4, 0.5) is 15.3 Å². The molecule has 0 radical (unpaired) electrons. The van der Waals surface area contributed by atoms with E-state index in [2.05, 4.69) is 22.3 Å². The first kappa shape index (κ1) is 63.9. The summed E-state index contributed by atoms with van der Waals surface area (Å²) in [4.78, 5) is 102. The summed E-state index contributed by atoms with van der Waals surface area (Å²) in [5, 5.41) is 5.88. The molecule has 1 saturated heterocycles. The first-order valence-electron chi connectivity index (χ1n) is 30.9. The van der Waals surface area contributed by atoms with E-state index in [0.29, 0.717) is 66.4 Å². The number of carbonyl (C=O) groups excluding carboxylic acids is 7. The predicted molar refractivity (Wildman–Crippen MR) is 346 cm³/mol. The van der Waals surface area contributed by atoms with Crippen LogP contribution in [0.3, 0.4) is 0 Å². The maximum absolute atomic E-state index is 14.5. The zero-order valence-corrected chi connectivity index (χ0v) is 52.9. The van der Waals surface area contributed by atoms with E-state index in [9.17, 15) is 33.6 Å². The Morgan fingerprint density at radius 3 is 2.20 bits per heavy atom. The first-order chi connectivity index (χ1) is 42.9. The third-order valence-corrected chi connectivity index (χ3v) is 19.1. The lowest BCUT2D eigenvalue weighted by atomic mass is 9.90. The van der Waals surface area contributed by atoms with Crippen LogP contribution in [0.25, 0.3) is 27.3 Å². The number of anilines is 1. The number of rotatable bonds is 27. The van der Waals surface area contributed by atoms with Crippen LogP contribution in [0.15, 0.2) is 108 Å². The second-order valence-corrected chi connectivity index (χ2v) is 25.5. The number of ether oxygens (including phenoxy) is 4. The molecule has 0 bridgehead atoms. The fourth-order valence-corrected chi connectivity index (χ4v) is 13.8. The number of esters is 1. The number of carbonyl (C=O) groups is 7. The number of hydrogen-bond donors (Lipinski definition) is 2. The van der Waals surface area contributed by atoms with Gasteiger partial charge in [0.1, 0.15) is 25.6 Å². The number of nitrogens with zero attached hydrogens (tertiary/aromatic N) is 4. The number of nitrogens with two attached hydrogens (primary N) is 1. The molecule has 2 aliphatic heterocycles. The Hall–Kier alpha value is -8.06. The average Bonchev–Trinajstić information content (AvgIpc) is 1.61. The highest BCUT2D eigenvalue weighted by Gasteiger charge is 2.39. The van der Waals surface area contributed by atoms with Gasteiger partial charge in [0.2, 0.25) is 11.8 Å². The summed E-state index contributed by atoms with van der Waals surface area (Å²) in [7, 11) is 3.16. The average molecular weight is 1250 g/mol. The number of hydrogen-bond acceptors (Lipinski definition) is 13. The zero-order valence-electron chi connectivity index (χ0n) is 51.4. The highest BCUT2D eigenvalue weighted by Crippen LogP contribution is 2.50. The molecule has 0 spiro atoms. The largest absolute Gasteiger partial charge is 0.492 e. The number of likely N-dealkylation sites (tertiary alicyclic amines) is 1. The Morgan fingerprint density at radius 2 is 1.52 bits per heavy atom. The molecule has 19 heteroatoms. The summed E-state index contributed by atoms with van der Waals surface area (Å²) in [6, 6.07) is 30.1. The summed E-state index contributed by atoms with van der Waals surface area (Å²) in [6.07, 6.45) is 4.76. The number of amides is 5. The van der Waals surface area contributed by atoms with Gasteiger partial charge in [-0.05, 0) is 131 Å². The number of halogens is 1. The molecule has 5 aromatic carbocycles. The van der Waals surface area contributed by atoms with Gasteiger partial charge in [-0.2, -0.15) is 0 Å². The van der Waals surface area contributed by atoms with Crippen LogP contribution in [0.1, 0.15) is 115 Å². The predicted octanol–water partition coefficient (Wildman–Crippen LogP) is 11.4. The molecule has 4 aliphatic rings. The highest BCUT2D eigenvalue weighted by molar-refractivity contribution is 7.17. The van der Waals surface area contributed by atoms with Crippen LogP contribution >= 0.6 is 22.9 Å². The van der Waals surface area contributed by atoms with E-state index in [4.69, 9.17) is 36.3 Å². The second-order valence-electron chi connectivity index (χ2n) is 24.3. The van der Waals surface area contributed by atoms with Crippen molar-refractivity contribution in [3.05, 3.63) is 153 Å². The molecule has 5 amide bonds. The summed E-state index contributed by atoms with van der Waals surface area (Å²) in [5.74, 6) is -1.64. The lowest BCUT2D eigenvalue weighted by Crippen LogP contribution is -2.46. The number of likely N-dealkylation sites (N-methyl/N-ethyl adjacent to an activating group) is 2. The van der Waals surface area contributed by atoms with Crippen molar-refractivity contribution in [2.45, 2.75) is 103 Å². The van der Waals surface area contributed by atoms with E-state index < -0.39 is 41.9 Å². The first-order valence-corrected chi connectivity index (χ1v) is 32.3. The van der Waals surface area contributed by atoms with E-state index in [1.807, 2.05) is 86.8 Å². The lowest BCUT2D eigenvalue weighted by molar-refractivity contribution is -0.148. The van der Waals surface area contributed by atoms with Gasteiger partial charge in [0.15, 0.2) is 11.5 Å². The van der Waals surface area contributed by atoms with Crippen molar-refractivity contribution in [3.8, 4) is 22.6 Å². The molecule has 2 aliphatic carbocycles. The molecule has 3 atom stereocenters. The molecule has 468 valence electrons. The normalized spacial score (nSPS) is 15.6. The maximum atomic E-state index is 14.5. The fourth-order valence-electron chi connectivity index (χ4n) is 12.5. The van der Waals surface area contributed by atoms with Gasteiger partial charge >= 0.3 is 18.2 Å². The lowest BCUT2D eigenvalue weighted by Gasteiger charge is -2.24. The van der Waals surface area contributed by atoms with Crippen LogP contribution in [-0.2, 0) is 52.9 Å². The smallest absolute Gasteiger partial charge is 0.415 e. The van der Waals surface area contributed by atoms with Crippen LogP contribution in [0.2, 0.25) is 0 Å². The maximum Gasteiger partial charge on any atom is 0.415 e. The molecule has 17 nitrogen and oxygen atoms in total. The minimum Gasteiger partial charge on any atom is -0.492 e. The van der Waals surface area contributed by atoms with Crippen molar-refractivity contribution in [1.29, 1.82) is 0 Å². The number of unbranched alkanes of at least 4 members (excludes halogenated alkanes) is 1. The summed E-state index contributed by atoms with van der Waals surface area (Å²) < 4.78 is 24.5.